The molecule has 1 N–H and O–H groups in total. The summed E-state index contributed by atoms with van der Waals surface area (Å²) in [6, 6.07) is 6.92. The minimum atomic E-state index is -1.36. The molecule has 0 radical (unpaired) electrons. The van der Waals surface area contributed by atoms with Crippen molar-refractivity contribution in [1.82, 2.24) is 0 Å². The first-order valence-corrected chi connectivity index (χ1v) is 6.32. The summed E-state index contributed by atoms with van der Waals surface area (Å²) in [5, 5.41) is 11.5. The van der Waals surface area contributed by atoms with Crippen molar-refractivity contribution in [3.05, 3.63) is 40.4 Å². The van der Waals surface area contributed by atoms with Gasteiger partial charge in [0.05, 0.1) is 6.07 Å². The quantitative estimate of drug-likeness (QED) is 0.684. The van der Waals surface area contributed by atoms with Crippen LogP contribution in [0.5, 0.6) is 0 Å². The Labute approximate surface area is 120 Å². The third kappa shape index (κ3) is 3.76. The number of benzene rings is 1. The molecule has 0 aliphatic heterocycles. The zero-order valence-corrected chi connectivity index (χ0v) is 12.2. The lowest BCUT2D eigenvalue weighted by Crippen LogP contribution is -2.28. The molecule has 1 unspecified atom stereocenters. The molecule has 5 heteroatoms. The maximum absolute atomic E-state index is 11.9. The van der Waals surface area contributed by atoms with Crippen molar-refractivity contribution in [3.63, 3.8) is 0 Å². The SMILES string of the molecule is C=C(C)C(=O)C(C#N)C(=O)Nc1ccc(Br)c(C)c1. The first kappa shape index (κ1) is 15.1. The summed E-state index contributed by atoms with van der Waals surface area (Å²) in [4.78, 5) is 23.5. The summed E-state index contributed by atoms with van der Waals surface area (Å²) in [5.41, 5.74) is 1.67. The van der Waals surface area contributed by atoms with E-state index in [0.29, 0.717) is 5.69 Å². The Morgan fingerprint density at radius 1 is 1.47 bits per heavy atom. The first-order chi connectivity index (χ1) is 8.86. The van der Waals surface area contributed by atoms with Crippen LogP contribution in [-0.2, 0) is 9.59 Å². The van der Waals surface area contributed by atoms with Gasteiger partial charge in [-0.25, -0.2) is 0 Å². The van der Waals surface area contributed by atoms with Gasteiger partial charge in [-0.3, -0.25) is 9.59 Å². The predicted octanol–water partition coefficient (Wildman–Crippen LogP) is 2.98. The zero-order valence-electron chi connectivity index (χ0n) is 10.7. The van der Waals surface area contributed by atoms with Crippen LogP contribution in [0.25, 0.3) is 0 Å². The predicted molar refractivity (Wildman–Crippen MR) is 76.4 cm³/mol. The molecular weight excluding hydrogens is 308 g/mol. The highest BCUT2D eigenvalue weighted by molar-refractivity contribution is 9.10. The van der Waals surface area contributed by atoms with Gasteiger partial charge in [-0.2, -0.15) is 5.26 Å². The van der Waals surface area contributed by atoms with Crippen LogP contribution in [0.3, 0.4) is 0 Å². The number of nitrogens with one attached hydrogen (secondary N) is 1. The van der Waals surface area contributed by atoms with E-state index in [4.69, 9.17) is 5.26 Å². The third-order valence-electron chi connectivity index (χ3n) is 2.50. The lowest BCUT2D eigenvalue weighted by Gasteiger charge is -2.10. The molecule has 0 aliphatic carbocycles. The zero-order chi connectivity index (χ0) is 14.6. The second kappa shape index (κ2) is 6.30. The van der Waals surface area contributed by atoms with Gasteiger partial charge < -0.3 is 5.32 Å². The van der Waals surface area contributed by atoms with Gasteiger partial charge in [0.25, 0.3) is 0 Å². The topological polar surface area (TPSA) is 70.0 Å². The van der Waals surface area contributed by atoms with Crippen molar-refractivity contribution in [2.24, 2.45) is 5.92 Å². The number of ketones is 1. The number of anilines is 1. The maximum Gasteiger partial charge on any atom is 0.249 e. The van der Waals surface area contributed by atoms with E-state index in [1.165, 1.54) is 6.92 Å². The van der Waals surface area contributed by atoms with Crippen LogP contribution in [0.2, 0.25) is 0 Å². The number of nitrogens with zero attached hydrogens (tertiary/aromatic N) is 1. The first-order valence-electron chi connectivity index (χ1n) is 5.53. The van der Waals surface area contributed by atoms with E-state index in [9.17, 15) is 9.59 Å². The second-order valence-electron chi connectivity index (χ2n) is 4.16. The van der Waals surface area contributed by atoms with E-state index in [-0.39, 0.29) is 5.57 Å². The number of Topliss-reactive ketones (excluding diaryl/α,β-unsaturated/α-hetero) is 1. The number of amides is 1. The fraction of sp³-hybridized carbons (Fsp3) is 0.214. The molecule has 0 saturated heterocycles. The molecule has 1 amide bonds. The Morgan fingerprint density at radius 2 is 2.11 bits per heavy atom. The van der Waals surface area contributed by atoms with Crippen molar-refractivity contribution >= 4 is 33.3 Å². The van der Waals surface area contributed by atoms with Gasteiger partial charge >= 0.3 is 0 Å². The van der Waals surface area contributed by atoms with Gasteiger partial charge in [0.1, 0.15) is 0 Å². The van der Waals surface area contributed by atoms with Crippen LogP contribution in [-0.4, -0.2) is 11.7 Å². The van der Waals surface area contributed by atoms with Crippen LogP contribution in [0.1, 0.15) is 12.5 Å². The Balaban J connectivity index is 2.89. The van der Waals surface area contributed by atoms with Gasteiger partial charge in [-0.1, -0.05) is 22.5 Å². The highest BCUT2D eigenvalue weighted by atomic mass is 79.9. The fourth-order valence-electron chi connectivity index (χ4n) is 1.42. The average Bonchev–Trinajstić information content (AvgIpc) is 2.34. The molecule has 0 saturated carbocycles. The van der Waals surface area contributed by atoms with E-state index in [1.807, 2.05) is 6.92 Å². The Hall–Kier alpha value is -1.93. The Morgan fingerprint density at radius 3 is 2.58 bits per heavy atom. The molecule has 98 valence electrons. The number of allylic oxidation sites excluding steroid dienone is 1. The van der Waals surface area contributed by atoms with Crippen molar-refractivity contribution in [2.75, 3.05) is 5.32 Å². The third-order valence-corrected chi connectivity index (χ3v) is 3.39. The summed E-state index contributed by atoms with van der Waals surface area (Å²) in [7, 11) is 0. The van der Waals surface area contributed by atoms with Gasteiger partial charge in [0, 0.05) is 10.2 Å². The fourth-order valence-corrected chi connectivity index (χ4v) is 1.67. The van der Waals surface area contributed by atoms with Crippen LogP contribution >= 0.6 is 15.9 Å². The largest absolute Gasteiger partial charge is 0.325 e. The lowest BCUT2D eigenvalue weighted by molar-refractivity contribution is -0.126. The molecule has 0 bridgehead atoms. The summed E-state index contributed by atoms with van der Waals surface area (Å²) in [6.07, 6.45) is 0. The highest BCUT2D eigenvalue weighted by Crippen LogP contribution is 2.20. The molecule has 0 aliphatic rings. The molecule has 1 aromatic rings. The molecule has 4 nitrogen and oxygen atoms in total. The Bertz CT molecular complexity index is 588. The summed E-state index contributed by atoms with van der Waals surface area (Å²) < 4.78 is 0.917. The van der Waals surface area contributed by atoms with Gasteiger partial charge in [0.2, 0.25) is 5.91 Å². The van der Waals surface area contributed by atoms with Crippen LogP contribution in [0, 0.1) is 24.2 Å². The van der Waals surface area contributed by atoms with Gasteiger partial charge in [-0.05, 0) is 43.2 Å². The van der Waals surface area contributed by atoms with E-state index >= 15 is 0 Å². The summed E-state index contributed by atoms with van der Waals surface area (Å²) >= 11 is 3.35. The van der Waals surface area contributed by atoms with Crippen LogP contribution in [0.4, 0.5) is 5.69 Å². The van der Waals surface area contributed by atoms with Gasteiger partial charge in [-0.15, -0.1) is 0 Å². The average molecular weight is 321 g/mol. The summed E-state index contributed by atoms with van der Waals surface area (Å²) in [5.74, 6) is -2.56. The standard InChI is InChI=1S/C14H13BrN2O2/c1-8(2)13(18)11(7-16)14(19)17-10-4-5-12(15)9(3)6-10/h4-6,11H,1H2,2-3H3,(H,17,19). The Kier molecular flexibility index (Phi) is 5.02. The number of nitriles is 1. The second-order valence-corrected chi connectivity index (χ2v) is 5.01. The number of rotatable bonds is 4. The number of carbonyl (C=O) groups is 2. The van der Waals surface area contributed by atoms with E-state index < -0.39 is 17.6 Å². The van der Waals surface area contributed by atoms with Crippen molar-refractivity contribution in [2.45, 2.75) is 13.8 Å². The molecule has 0 spiro atoms. The van der Waals surface area contributed by atoms with Crippen molar-refractivity contribution in [3.8, 4) is 6.07 Å². The summed E-state index contributed by atoms with van der Waals surface area (Å²) in [6.45, 7) is 6.80. The van der Waals surface area contributed by atoms with Crippen LogP contribution < -0.4 is 5.32 Å². The molecule has 1 atom stereocenters. The van der Waals surface area contributed by atoms with Crippen molar-refractivity contribution < 1.29 is 9.59 Å². The van der Waals surface area contributed by atoms with E-state index in [0.717, 1.165) is 10.0 Å². The molecule has 1 aromatic carbocycles. The van der Waals surface area contributed by atoms with E-state index in [2.05, 4.69) is 27.8 Å². The molecule has 0 aromatic heterocycles. The smallest absolute Gasteiger partial charge is 0.249 e. The van der Waals surface area contributed by atoms with Crippen molar-refractivity contribution in [1.29, 1.82) is 5.26 Å². The number of halogens is 1. The normalized spacial score (nSPS) is 11.3. The number of hydrogen-bond donors (Lipinski definition) is 1. The lowest BCUT2D eigenvalue weighted by atomic mass is 10.00. The monoisotopic (exact) mass is 320 g/mol. The molecule has 0 fully saturated rings. The molecule has 19 heavy (non-hydrogen) atoms. The van der Waals surface area contributed by atoms with Gasteiger partial charge in [0.15, 0.2) is 11.7 Å². The molecular formula is C14H13BrN2O2. The van der Waals surface area contributed by atoms with E-state index in [1.54, 1.807) is 24.3 Å². The maximum atomic E-state index is 11.9. The highest BCUT2D eigenvalue weighted by Gasteiger charge is 2.26. The van der Waals surface area contributed by atoms with Crippen LogP contribution in [0.15, 0.2) is 34.8 Å². The molecule has 0 heterocycles. The molecule has 1 rings (SSSR count). The number of hydrogen-bond acceptors (Lipinski definition) is 3. The minimum absolute atomic E-state index is 0.189. The number of carbonyl (C=O) groups excluding carboxylic acids is 2. The number of aryl methyl sites for hydroxylation is 1. The minimum Gasteiger partial charge on any atom is -0.325 e.